The molecule has 1 aliphatic heterocycles. The Morgan fingerprint density at radius 1 is 1.89 bits per heavy atom. The summed E-state index contributed by atoms with van der Waals surface area (Å²) in [5, 5.41) is 2.50. The lowest BCUT2D eigenvalue weighted by atomic mass is 10.2. The first-order valence-corrected chi connectivity index (χ1v) is 2.51. The summed E-state index contributed by atoms with van der Waals surface area (Å²) < 4.78 is 10.9. The Bertz CT molecular complexity index is 170. The van der Waals surface area contributed by atoms with Crippen molar-refractivity contribution in [2.75, 3.05) is 7.02 Å². The predicted molar refractivity (Wildman–Crippen MR) is 28.6 cm³/mol. The van der Waals surface area contributed by atoms with Crippen LogP contribution in [0.15, 0.2) is 0 Å². The molecule has 1 atom stereocenters. The number of carbonyl (C=O) groups is 2. The lowest BCUT2D eigenvalue weighted by Gasteiger charge is -1.97. The minimum absolute atomic E-state index is 0.0533. The molecule has 1 saturated heterocycles. The molecule has 4 heteroatoms. The van der Waals surface area contributed by atoms with Gasteiger partial charge >= 0.3 is 11.9 Å². The molecule has 4 nitrogen and oxygen atoms in total. The van der Waals surface area contributed by atoms with Gasteiger partial charge in [0.1, 0.15) is 6.04 Å². The van der Waals surface area contributed by atoms with Gasteiger partial charge in [0, 0.05) is 1.37 Å². The number of carbonyl (C=O) groups excluding carboxylic acids is 2. The second kappa shape index (κ2) is 2.14. The Labute approximate surface area is 53.6 Å². The molecule has 0 aromatic rings. The van der Waals surface area contributed by atoms with Crippen molar-refractivity contribution in [2.24, 2.45) is 0 Å². The van der Waals surface area contributed by atoms with Crippen molar-refractivity contribution in [3.05, 3.63) is 0 Å². The van der Waals surface area contributed by atoms with Gasteiger partial charge in [-0.05, 0) is 7.02 Å². The van der Waals surface area contributed by atoms with E-state index < -0.39 is 18.0 Å². The highest BCUT2D eigenvalue weighted by atomic mass is 16.6. The normalized spacial score (nSPS) is 28.0. The van der Waals surface area contributed by atoms with Crippen molar-refractivity contribution in [3.63, 3.8) is 0 Å². The first kappa shape index (κ1) is 4.93. The Morgan fingerprint density at radius 3 is 3.11 bits per heavy atom. The van der Waals surface area contributed by atoms with E-state index in [9.17, 15) is 9.59 Å². The molecule has 0 amide bonds. The van der Waals surface area contributed by atoms with Crippen molar-refractivity contribution in [2.45, 2.75) is 12.5 Å². The SMILES string of the molecule is [2H]CN[C@H]1CC(=O)OC1=O. The van der Waals surface area contributed by atoms with Crippen LogP contribution in [0, 0.1) is 0 Å². The van der Waals surface area contributed by atoms with Gasteiger partial charge in [0.2, 0.25) is 0 Å². The van der Waals surface area contributed by atoms with Crippen LogP contribution < -0.4 is 5.32 Å². The molecule has 1 heterocycles. The first-order valence-electron chi connectivity index (χ1n) is 3.22. The predicted octanol–water partition coefficient (Wildman–Crippen LogP) is -0.952. The molecule has 1 aliphatic rings. The van der Waals surface area contributed by atoms with Gasteiger partial charge in [-0.2, -0.15) is 0 Å². The van der Waals surface area contributed by atoms with Crippen LogP contribution in [0.25, 0.3) is 0 Å². The second-order valence-corrected chi connectivity index (χ2v) is 1.75. The maximum Gasteiger partial charge on any atom is 0.331 e. The summed E-state index contributed by atoms with van der Waals surface area (Å²) in [7, 11) is -0.0763. The summed E-state index contributed by atoms with van der Waals surface area (Å²) in [5.74, 6) is -1.09. The maximum atomic E-state index is 10.6. The number of ether oxygens (including phenoxy) is 1. The van der Waals surface area contributed by atoms with Crippen LogP contribution in [-0.2, 0) is 14.3 Å². The lowest BCUT2D eigenvalue weighted by molar-refractivity contribution is -0.152. The first-order chi connectivity index (χ1) is 4.74. The van der Waals surface area contributed by atoms with E-state index in [-0.39, 0.29) is 13.4 Å². The minimum Gasteiger partial charge on any atom is -0.392 e. The number of rotatable bonds is 1. The molecule has 0 radical (unpaired) electrons. The fourth-order valence-corrected chi connectivity index (χ4v) is 0.630. The van der Waals surface area contributed by atoms with Gasteiger partial charge in [-0.25, -0.2) is 4.79 Å². The van der Waals surface area contributed by atoms with Gasteiger partial charge < -0.3 is 10.1 Å². The number of likely N-dealkylation sites (N-methyl/N-ethyl adjacent to an activating group) is 1. The summed E-state index contributed by atoms with van der Waals surface area (Å²) in [6, 6.07) is -0.593. The van der Waals surface area contributed by atoms with Crippen LogP contribution in [0.1, 0.15) is 7.79 Å². The van der Waals surface area contributed by atoms with Crippen LogP contribution in [0.5, 0.6) is 0 Å². The van der Waals surface area contributed by atoms with Crippen LogP contribution in [0.4, 0.5) is 0 Å². The summed E-state index contributed by atoms with van der Waals surface area (Å²) in [6.07, 6.45) is 0.0533. The van der Waals surface area contributed by atoms with Crippen molar-refractivity contribution >= 4 is 11.9 Å². The second-order valence-electron chi connectivity index (χ2n) is 1.75. The molecule has 0 saturated carbocycles. The third-order valence-corrected chi connectivity index (χ3v) is 1.12. The number of hydrogen-bond acceptors (Lipinski definition) is 4. The molecule has 0 unspecified atom stereocenters. The van der Waals surface area contributed by atoms with Gasteiger partial charge in [0.25, 0.3) is 0 Å². The van der Waals surface area contributed by atoms with E-state index in [1.54, 1.807) is 0 Å². The zero-order chi connectivity index (χ0) is 7.56. The van der Waals surface area contributed by atoms with Gasteiger partial charge in [-0.1, -0.05) is 0 Å². The van der Waals surface area contributed by atoms with E-state index >= 15 is 0 Å². The Hall–Kier alpha value is -0.900. The van der Waals surface area contributed by atoms with Crippen LogP contribution in [0.2, 0.25) is 0 Å². The quantitative estimate of drug-likeness (QED) is 0.367. The van der Waals surface area contributed by atoms with Gasteiger partial charge in [0.15, 0.2) is 0 Å². The zero-order valence-corrected chi connectivity index (χ0v) is 4.72. The van der Waals surface area contributed by atoms with E-state index in [1.165, 1.54) is 0 Å². The van der Waals surface area contributed by atoms with E-state index in [0.29, 0.717) is 0 Å². The van der Waals surface area contributed by atoms with Crippen LogP contribution in [0.3, 0.4) is 0 Å². The molecule has 0 spiro atoms. The number of nitrogens with one attached hydrogen (secondary N) is 1. The lowest BCUT2D eigenvalue weighted by Crippen LogP contribution is -2.29. The molecule has 9 heavy (non-hydrogen) atoms. The van der Waals surface area contributed by atoms with Crippen LogP contribution >= 0.6 is 0 Å². The number of cyclic esters (lactones) is 2. The average Bonchev–Trinajstić information content (AvgIpc) is 2.13. The standard InChI is InChI=1S/C5H7NO3/c1-6-3-2-4(7)9-5(3)8/h3,6H,2H2,1H3/t3-/m0/s1/i1D. The molecular weight excluding hydrogens is 122 g/mol. The van der Waals surface area contributed by atoms with Gasteiger partial charge in [0.05, 0.1) is 6.42 Å². The van der Waals surface area contributed by atoms with Gasteiger partial charge in [-0.15, -0.1) is 0 Å². The Balaban J connectivity index is 2.46. The molecular formula is C5H7NO3. The van der Waals surface area contributed by atoms with E-state index in [2.05, 4.69) is 10.1 Å². The highest BCUT2D eigenvalue weighted by Crippen LogP contribution is 2.05. The third-order valence-electron chi connectivity index (χ3n) is 1.12. The fraction of sp³-hybridized carbons (Fsp3) is 0.600. The highest BCUT2D eigenvalue weighted by molar-refractivity contribution is 5.96. The molecule has 1 fully saturated rings. The van der Waals surface area contributed by atoms with E-state index in [1.807, 2.05) is 0 Å². The van der Waals surface area contributed by atoms with Gasteiger partial charge in [-0.3, -0.25) is 4.79 Å². The summed E-state index contributed by atoms with van der Waals surface area (Å²) >= 11 is 0. The van der Waals surface area contributed by atoms with Crippen molar-refractivity contribution < 1.29 is 15.7 Å². The highest BCUT2D eigenvalue weighted by Gasteiger charge is 2.31. The zero-order valence-electron chi connectivity index (χ0n) is 5.72. The summed E-state index contributed by atoms with van der Waals surface area (Å²) in [6.45, 7) is 0. The monoisotopic (exact) mass is 130 g/mol. The van der Waals surface area contributed by atoms with E-state index in [0.717, 1.165) is 0 Å². The molecule has 50 valence electrons. The average molecular weight is 130 g/mol. The maximum absolute atomic E-state index is 10.6. The largest absolute Gasteiger partial charge is 0.392 e. The number of esters is 2. The fourth-order valence-electron chi connectivity index (χ4n) is 0.630. The molecule has 0 aliphatic carbocycles. The molecule has 0 bridgehead atoms. The smallest absolute Gasteiger partial charge is 0.331 e. The Kier molecular flexibility index (Phi) is 1.17. The molecule has 0 aromatic carbocycles. The van der Waals surface area contributed by atoms with E-state index in [4.69, 9.17) is 1.37 Å². The Morgan fingerprint density at radius 2 is 2.67 bits per heavy atom. The van der Waals surface area contributed by atoms with Crippen LogP contribution in [-0.4, -0.2) is 25.0 Å². The van der Waals surface area contributed by atoms with Crippen molar-refractivity contribution in [1.82, 2.24) is 5.32 Å². The van der Waals surface area contributed by atoms with Crippen molar-refractivity contribution in [1.29, 1.82) is 0 Å². The molecule has 1 rings (SSSR count). The topological polar surface area (TPSA) is 55.4 Å². The van der Waals surface area contributed by atoms with Crippen molar-refractivity contribution in [3.8, 4) is 0 Å². The molecule has 0 aromatic heterocycles. The summed E-state index contributed by atoms with van der Waals surface area (Å²) in [5.41, 5.74) is 0. The minimum atomic E-state index is -0.593. The molecule has 1 N–H and O–H groups in total. The summed E-state index contributed by atoms with van der Waals surface area (Å²) in [4.78, 5) is 21.0. The number of hydrogen-bond donors (Lipinski definition) is 1. The third kappa shape index (κ3) is 1.08.